The van der Waals surface area contributed by atoms with Crippen molar-refractivity contribution in [3.63, 3.8) is 0 Å². The van der Waals surface area contributed by atoms with E-state index in [1.807, 2.05) is 21.1 Å². The first-order valence-electron chi connectivity index (χ1n) is 7.05. The van der Waals surface area contributed by atoms with Crippen LogP contribution in [0.2, 0.25) is 0 Å². The van der Waals surface area contributed by atoms with Crippen LogP contribution in [0.5, 0.6) is 0 Å². The minimum atomic E-state index is -1.02. The Morgan fingerprint density at radius 2 is 1.86 bits per heavy atom. The van der Waals surface area contributed by atoms with Gasteiger partial charge >= 0.3 is 11.9 Å². The fraction of sp³-hybridized carbons (Fsp3) is 0.769. The highest BCUT2D eigenvalue weighted by Gasteiger charge is 2.26. The number of likely N-dealkylation sites (N-methyl/N-ethyl adjacent to an activating group) is 1. The van der Waals surface area contributed by atoms with E-state index in [4.69, 9.17) is 27.0 Å². The van der Waals surface area contributed by atoms with E-state index in [0.717, 1.165) is 0 Å². The number of hydrogen-bond acceptors (Lipinski definition) is 5. The smallest absolute Gasteiger partial charge is 0.323 e. The normalized spacial score (nSPS) is 14.0. The van der Waals surface area contributed by atoms with Gasteiger partial charge in [-0.3, -0.25) is 14.6 Å². The van der Waals surface area contributed by atoms with Gasteiger partial charge in [-0.2, -0.15) is 0 Å². The Kier molecular flexibility index (Phi) is 8.43. The van der Waals surface area contributed by atoms with E-state index >= 15 is 0 Å². The summed E-state index contributed by atoms with van der Waals surface area (Å²) in [5.74, 6) is -1.64. The second kappa shape index (κ2) is 9.21. The van der Waals surface area contributed by atoms with Gasteiger partial charge in [0, 0.05) is 6.54 Å². The van der Waals surface area contributed by atoms with E-state index in [0.29, 0.717) is 30.4 Å². The number of hydrogen-bond donors (Lipinski definition) is 4. The summed E-state index contributed by atoms with van der Waals surface area (Å²) in [5.41, 5.74) is 16.1. The first-order valence-corrected chi connectivity index (χ1v) is 7.05. The van der Waals surface area contributed by atoms with Gasteiger partial charge in [0.25, 0.3) is 0 Å². The van der Waals surface area contributed by atoms with Crippen molar-refractivity contribution in [1.29, 1.82) is 0 Å². The Labute approximate surface area is 130 Å². The van der Waals surface area contributed by atoms with Crippen molar-refractivity contribution in [3.8, 4) is 0 Å². The monoisotopic (exact) mass is 318 g/mol. The molecule has 0 bridgehead atoms. The number of aliphatic imine (C=N–C) groups is 1. The van der Waals surface area contributed by atoms with Crippen LogP contribution in [0.3, 0.4) is 0 Å². The fourth-order valence-electron chi connectivity index (χ4n) is 1.84. The predicted molar refractivity (Wildman–Crippen MR) is 82.9 cm³/mol. The number of guanidine groups is 1. The molecule has 0 saturated carbocycles. The van der Waals surface area contributed by atoms with Crippen LogP contribution in [-0.2, 0) is 14.3 Å². The van der Waals surface area contributed by atoms with Gasteiger partial charge in [0.1, 0.15) is 12.6 Å². The summed E-state index contributed by atoms with van der Waals surface area (Å²) < 4.78 is 5.71. The van der Waals surface area contributed by atoms with Crippen LogP contribution in [0.25, 0.3) is 0 Å². The summed E-state index contributed by atoms with van der Waals surface area (Å²) in [7, 11) is 5.66. The maximum atomic E-state index is 11.9. The highest BCUT2D eigenvalue weighted by molar-refractivity contribution is 5.76. The van der Waals surface area contributed by atoms with E-state index in [1.54, 1.807) is 0 Å². The third kappa shape index (κ3) is 10.9. The fourth-order valence-corrected chi connectivity index (χ4v) is 1.84. The summed E-state index contributed by atoms with van der Waals surface area (Å²) >= 11 is 0. The summed E-state index contributed by atoms with van der Waals surface area (Å²) in [6.45, 7) is 0.763. The van der Waals surface area contributed by atoms with Crippen molar-refractivity contribution < 1.29 is 23.9 Å². The van der Waals surface area contributed by atoms with Crippen molar-refractivity contribution in [2.24, 2.45) is 22.2 Å². The SMILES string of the molecule is C[N+](C)(C)C[C@H](CC(=O)O)OC(=O)[C@@H](N)CCCN=C(N)N. The van der Waals surface area contributed by atoms with E-state index in [2.05, 4.69) is 4.99 Å². The summed E-state index contributed by atoms with van der Waals surface area (Å²) in [5, 5.41) is 8.89. The number of carboxylic acid groups (broad SMARTS) is 1. The van der Waals surface area contributed by atoms with Crippen molar-refractivity contribution in [2.45, 2.75) is 31.4 Å². The molecular formula is C13H28N5O4+. The van der Waals surface area contributed by atoms with E-state index < -0.39 is 24.1 Å². The quantitative estimate of drug-likeness (QED) is 0.125. The number of nitrogens with two attached hydrogens (primary N) is 3. The molecular weight excluding hydrogens is 290 g/mol. The summed E-state index contributed by atoms with van der Waals surface area (Å²) in [4.78, 5) is 26.6. The molecule has 9 nitrogen and oxygen atoms in total. The molecule has 0 radical (unpaired) electrons. The second-order valence-electron chi connectivity index (χ2n) is 6.18. The first kappa shape index (κ1) is 20.1. The van der Waals surface area contributed by atoms with Gasteiger partial charge in [-0.25, -0.2) is 0 Å². The number of ether oxygens (including phenoxy) is 1. The summed E-state index contributed by atoms with van der Waals surface area (Å²) in [6, 6.07) is -0.821. The summed E-state index contributed by atoms with van der Waals surface area (Å²) in [6.07, 6.45) is -0.0664. The van der Waals surface area contributed by atoms with E-state index in [9.17, 15) is 9.59 Å². The molecule has 0 aromatic heterocycles. The lowest BCUT2D eigenvalue weighted by atomic mass is 10.1. The van der Waals surface area contributed by atoms with Crippen molar-refractivity contribution in [3.05, 3.63) is 0 Å². The number of carbonyl (C=O) groups is 2. The van der Waals surface area contributed by atoms with Crippen LogP contribution in [0.4, 0.5) is 0 Å². The molecule has 0 rings (SSSR count). The molecule has 0 spiro atoms. The minimum Gasteiger partial charge on any atom is -0.481 e. The number of quaternary nitrogens is 1. The predicted octanol–water partition coefficient (Wildman–Crippen LogP) is -1.54. The molecule has 0 aliphatic rings. The van der Waals surface area contributed by atoms with E-state index in [1.165, 1.54) is 0 Å². The number of esters is 1. The molecule has 0 aliphatic carbocycles. The van der Waals surface area contributed by atoms with Crippen molar-refractivity contribution in [1.82, 2.24) is 0 Å². The van der Waals surface area contributed by atoms with Gasteiger partial charge in [0.2, 0.25) is 0 Å². The lowest BCUT2D eigenvalue weighted by molar-refractivity contribution is -0.873. The van der Waals surface area contributed by atoms with Crippen LogP contribution in [0, 0.1) is 0 Å². The first-order chi connectivity index (χ1) is 10.0. The average molecular weight is 318 g/mol. The van der Waals surface area contributed by atoms with Crippen LogP contribution < -0.4 is 17.2 Å². The van der Waals surface area contributed by atoms with Gasteiger partial charge < -0.3 is 31.5 Å². The molecule has 0 amide bonds. The van der Waals surface area contributed by atoms with Crippen LogP contribution in [0.1, 0.15) is 19.3 Å². The Morgan fingerprint density at radius 1 is 1.27 bits per heavy atom. The van der Waals surface area contributed by atoms with Crippen LogP contribution in [-0.4, -0.2) is 73.9 Å². The third-order valence-electron chi connectivity index (χ3n) is 2.71. The molecule has 7 N–H and O–H groups in total. The molecule has 0 saturated heterocycles. The maximum Gasteiger partial charge on any atom is 0.323 e. The topological polar surface area (TPSA) is 154 Å². The molecule has 9 heteroatoms. The number of rotatable bonds is 10. The highest BCUT2D eigenvalue weighted by Crippen LogP contribution is 2.08. The van der Waals surface area contributed by atoms with Gasteiger partial charge in [-0.15, -0.1) is 0 Å². The standard InChI is InChI=1S/C13H27N5O4/c1-18(2,3)8-9(7-11(19)20)22-12(21)10(14)5-4-6-17-13(15)16/h9-10H,4-8,14H2,1-3H3,(H4-,15,16,17,19,20)/p+1/t9-,10-/m0/s1. The van der Waals surface area contributed by atoms with Gasteiger partial charge in [0.05, 0.1) is 27.6 Å². The number of carboxylic acids is 1. The molecule has 0 aromatic carbocycles. The molecule has 0 aliphatic heterocycles. The highest BCUT2D eigenvalue weighted by atomic mass is 16.5. The third-order valence-corrected chi connectivity index (χ3v) is 2.71. The molecule has 22 heavy (non-hydrogen) atoms. The van der Waals surface area contributed by atoms with Crippen molar-refractivity contribution >= 4 is 17.9 Å². The second-order valence-corrected chi connectivity index (χ2v) is 6.18. The zero-order valence-corrected chi connectivity index (χ0v) is 13.5. The van der Waals surface area contributed by atoms with Gasteiger partial charge in [-0.05, 0) is 12.8 Å². The molecule has 0 unspecified atom stereocenters. The number of aliphatic carboxylic acids is 1. The maximum absolute atomic E-state index is 11.9. The molecule has 0 aromatic rings. The Bertz CT molecular complexity index is 402. The largest absolute Gasteiger partial charge is 0.481 e. The van der Waals surface area contributed by atoms with Gasteiger partial charge in [0.15, 0.2) is 12.1 Å². The van der Waals surface area contributed by atoms with Crippen LogP contribution in [0.15, 0.2) is 4.99 Å². The Balaban J connectivity index is 4.41. The Hall–Kier alpha value is -1.87. The molecule has 2 atom stereocenters. The van der Waals surface area contributed by atoms with Crippen LogP contribution >= 0.6 is 0 Å². The van der Waals surface area contributed by atoms with E-state index in [-0.39, 0.29) is 12.4 Å². The number of carbonyl (C=O) groups excluding carboxylic acids is 1. The lowest BCUT2D eigenvalue weighted by Gasteiger charge is -2.28. The minimum absolute atomic E-state index is 0.0133. The average Bonchev–Trinajstić information content (AvgIpc) is 2.30. The van der Waals surface area contributed by atoms with Gasteiger partial charge in [-0.1, -0.05) is 0 Å². The number of nitrogens with zero attached hydrogens (tertiary/aromatic N) is 2. The zero-order chi connectivity index (χ0) is 17.3. The molecule has 0 fully saturated rings. The zero-order valence-electron chi connectivity index (χ0n) is 13.5. The van der Waals surface area contributed by atoms with Crippen molar-refractivity contribution in [2.75, 3.05) is 34.2 Å². The lowest BCUT2D eigenvalue weighted by Crippen LogP contribution is -2.45. The molecule has 0 heterocycles. The molecule has 128 valence electrons. The Morgan fingerprint density at radius 3 is 2.32 bits per heavy atom.